The van der Waals surface area contributed by atoms with Crippen molar-refractivity contribution in [2.24, 2.45) is 0 Å². The van der Waals surface area contributed by atoms with Crippen molar-refractivity contribution < 1.29 is 4.74 Å². The van der Waals surface area contributed by atoms with Crippen molar-refractivity contribution in [1.82, 2.24) is 0 Å². The quantitative estimate of drug-likeness (QED) is 0.771. The Hall–Kier alpha value is -1.18. The van der Waals surface area contributed by atoms with Crippen LogP contribution < -0.4 is 10.5 Å². The average Bonchev–Trinajstić information content (AvgIpc) is 2.30. The Bertz CT molecular complexity index is 367. The molecule has 0 heterocycles. The summed E-state index contributed by atoms with van der Waals surface area (Å²) in [7, 11) is 1.69. The summed E-state index contributed by atoms with van der Waals surface area (Å²) in [6, 6.07) is 4.18. The van der Waals surface area contributed by atoms with E-state index >= 15 is 0 Å². The van der Waals surface area contributed by atoms with E-state index in [9.17, 15) is 0 Å². The zero-order valence-corrected chi connectivity index (χ0v) is 10.3. The molecule has 1 aromatic carbocycles. The van der Waals surface area contributed by atoms with Crippen LogP contribution >= 0.6 is 0 Å². The first-order chi connectivity index (χ1) is 7.72. The van der Waals surface area contributed by atoms with Crippen LogP contribution in [-0.4, -0.2) is 7.11 Å². The zero-order chi connectivity index (χ0) is 11.5. The molecule has 2 rings (SSSR count). The van der Waals surface area contributed by atoms with Crippen LogP contribution in [0.15, 0.2) is 12.1 Å². The molecule has 0 spiro atoms. The van der Waals surface area contributed by atoms with Gasteiger partial charge in [-0.1, -0.05) is 19.3 Å². The smallest absolute Gasteiger partial charge is 0.142 e. The van der Waals surface area contributed by atoms with Crippen molar-refractivity contribution in [1.29, 1.82) is 0 Å². The van der Waals surface area contributed by atoms with Crippen LogP contribution in [0.5, 0.6) is 5.75 Å². The molecule has 1 aliphatic rings. The van der Waals surface area contributed by atoms with Crippen molar-refractivity contribution in [3.63, 3.8) is 0 Å². The van der Waals surface area contributed by atoms with Crippen LogP contribution in [0.25, 0.3) is 0 Å². The number of aryl methyl sites for hydroxylation is 1. The first-order valence-corrected chi connectivity index (χ1v) is 6.16. The Labute approximate surface area is 97.8 Å². The standard InChI is InChI=1S/C14H21NO/c1-10-8-13(15)14(16-2)9-12(10)11-6-4-3-5-7-11/h8-9,11H,3-7,15H2,1-2H3. The number of hydrogen-bond donors (Lipinski definition) is 1. The van der Waals surface area contributed by atoms with E-state index in [1.54, 1.807) is 7.11 Å². The average molecular weight is 219 g/mol. The topological polar surface area (TPSA) is 35.2 Å². The normalized spacial score (nSPS) is 17.4. The summed E-state index contributed by atoms with van der Waals surface area (Å²) in [5.74, 6) is 1.54. The number of nitrogen functional groups attached to an aromatic ring is 1. The molecule has 0 atom stereocenters. The molecule has 0 aromatic heterocycles. The molecule has 0 bridgehead atoms. The van der Waals surface area contributed by atoms with Gasteiger partial charge >= 0.3 is 0 Å². The fourth-order valence-corrected chi connectivity index (χ4v) is 2.76. The molecule has 16 heavy (non-hydrogen) atoms. The number of hydrogen-bond acceptors (Lipinski definition) is 2. The fraction of sp³-hybridized carbons (Fsp3) is 0.571. The highest BCUT2D eigenvalue weighted by atomic mass is 16.5. The Kier molecular flexibility index (Phi) is 3.37. The largest absolute Gasteiger partial charge is 0.495 e. The number of rotatable bonds is 2. The second-order valence-corrected chi connectivity index (χ2v) is 4.79. The van der Waals surface area contributed by atoms with Gasteiger partial charge in [-0.05, 0) is 48.9 Å². The lowest BCUT2D eigenvalue weighted by molar-refractivity contribution is 0.411. The van der Waals surface area contributed by atoms with Gasteiger partial charge in [0.25, 0.3) is 0 Å². The van der Waals surface area contributed by atoms with Crippen LogP contribution in [0.4, 0.5) is 5.69 Å². The van der Waals surface area contributed by atoms with Gasteiger partial charge in [0.1, 0.15) is 5.75 Å². The molecular weight excluding hydrogens is 198 g/mol. The molecule has 2 N–H and O–H groups in total. The van der Waals surface area contributed by atoms with Gasteiger partial charge < -0.3 is 10.5 Å². The first-order valence-electron chi connectivity index (χ1n) is 6.16. The van der Waals surface area contributed by atoms with Crippen molar-refractivity contribution in [2.45, 2.75) is 44.9 Å². The van der Waals surface area contributed by atoms with E-state index in [2.05, 4.69) is 13.0 Å². The molecule has 0 aliphatic heterocycles. The molecule has 0 radical (unpaired) electrons. The maximum Gasteiger partial charge on any atom is 0.142 e. The third-order valence-corrected chi connectivity index (χ3v) is 3.66. The summed E-state index contributed by atoms with van der Waals surface area (Å²) >= 11 is 0. The minimum Gasteiger partial charge on any atom is -0.495 e. The van der Waals surface area contributed by atoms with Gasteiger partial charge in [0, 0.05) is 0 Å². The first kappa shape index (κ1) is 11.3. The van der Waals surface area contributed by atoms with Crippen LogP contribution in [0.3, 0.4) is 0 Å². The van der Waals surface area contributed by atoms with Gasteiger partial charge in [-0.3, -0.25) is 0 Å². The van der Waals surface area contributed by atoms with Crippen molar-refractivity contribution >= 4 is 5.69 Å². The number of ether oxygens (including phenoxy) is 1. The monoisotopic (exact) mass is 219 g/mol. The van der Waals surface area contributed by atoms with Gasteiger partial charge in [0.2, 0.25) is 0 Å². The molecule has 1 aliphatic carbocycles. The summed E-state index contributed by atoms with van der Waals surface area (Å²) in [4.78, 5) is 0. The highest BCUT2D eigenvalue weighted by Gasteiger charge is 2.18. The van der Waals surface area contributed by atoms with E-state index in [0.29, 0.717) is 5.92 Å². The maximum atomic E-state index is 5.91. The second-order valence-electron chi connectivity index (χ2n) is 4.79. The maximum absolute atomic E-state index is 5.91. The van der Waals surface area contributed by atoms with Crippen molar-refractivity contribution in [3.8, 4) is 5.75 Å². The van der Waals surface area contributed by atoms with Crippen LogP contribution in [-0.2, 0) is 0 Å². The predicted molar refractivity (Wildman–Crippen MR) is 68.0 cm³/mol. The Morgan fingerprint density at radius 1 is 1.19 bits per heavy atom. The van der Waals surface area contributed by atoms with Crippen LogP contribution in [0.1, 0.15) is 49.1 Å². The summed E-state index contributed by atoms with van der Waals surface area (Å²) in [5.41, 5.74) is 9.40. The predicted octanol–water partition coefficient (Wildman–Crippen LogP) is 3.63. The van der Waals surface area contributed by atoms with Gasteiger partial charge in [-0.15, -0.1) is 0 Å². The Morgan fingerprint density at radius 3 is 2.50 bits per heavy atom. The summed E-state index contributed by atoms with van der Waals surface area (Å²) < 4.78 is 5.31. The summed E-state index contributed by atoms with van der Waals surface area (Å²) in [6.45, 7) is 2.15. The van der Waals surface area contributed by atoms with Gasteiger partial charge in [0.15, 0.2) is 0 Å². The molecular formula is C14H21NO. The minimum atomic E-state index is 0.711. The Morgan fingerprint density at radius 2 is 1.88 bits per heavy atom. The number of methoxy groups -OCH3 is 1. The molecule has 2 nitrogen and oxygen atoms in total. The molecule has 88 valence electrons. The molecule has 0 amide bonds. The van der Waals surface area contributed by atoms with E-state index in [4.69, 9.17) is 10.5 Å². The van der Waals surface area contributed by atoms with Gasteiger partial charge in [-0.2, -0.15) is 0 Å². The SMILES string of the molecule is COc1cc(C2CCCCC2)c(C)cc1N. The van der Waals surface area contributed by atoms with Crippen molar-refractivity contribution in [2.75, 3.05) is 12.8 Å². The van der Waals surface area contributed by atoms with Crippen molar-refractivity contribution in [3.05, 3.63) is 23.3 Å². The molecule has 1 fully saturated rings. The highest BCUT2D eigenvalue weighted by molar-refractivity contribution is 5.57. The lowest BCUT2D eigenvalue weighted by atomic mass is 9.82. The van der Waals surface area contributed by atoms with Crippen LogP contribution in [0.2, 0.25) is 0 Å². The number of nitrogens with two attached hydrogens (primary N) is 1. The molecule has 1 aromatic rings. The van der Waals surface area contributed by atoms with Gasteiger partial charge in [0.05, 0.1) is 12.8 Å². The van der Waals surface area contributed by atoms with E-state index in [0.717, 1.165) is 11.4 Å². The molecule has 1 saturated carbocycles. The lowest BCUT2D eigenvalue weighted by Crippen LogP contribution is -2.07. The summed E-state index contributed by atoms with van der Waals surface area (Å²) in [6.07, 6.45) is 6.73. The molecule has 2 heteroatoms. The van der Waals surface area contributed by atoms with E-state index in [1.165, 1.54) is 43.2 Å². The minimum absolute atomic E-state index is 0.711. The van der Waals surface area contributed by atoms with E-state index < -0.39 is 0 Å². The van der Waals surface area contributed by atoms with E-state index in [1.807, 2.05) is 6.07 Å². The number of benzene rings is 1. The number of anilines is 1. The third-order valence-electron chi connectivity index (χ3n) is 3.66. The molecule has 0 saturated heterocycles. The second kappa shape index (κ2) is 4.77. The Balaban J connectivity index is 2.31. The highest BCUT2D eigenvalue weighted by Crippen LogP contribution is 2.37. The lowest BCUT2D eigenvalue weighted by Gasteiger charge is -2.24. The zero-order valence-electron chi connectivity index (χ0n) is 10.3. The van der Waals surface area contributed by atoms with Crippen LogP contribution in [0, 0.1) is 6.92 Å². The summed E-state index contributed by atoms with van der Waals surface area (Å²) in [5, 5.41) is 0. The fourth-order valence-electron chi connectivity index (χ4n) is 2.76. The third kappa shape index (κ3) is 2.16. The van der Waals surface area contributed by atoms with E-state index in [-0.39, 0.29) is 0 Å². The molecule has 0 unspecified atom stereocenters. The van der Waals surface area contributed by atoms with Gasteiger partial charge in [-0.25, -0.2) is 0 Å².